The maximum atomic E-state index is 12.3. The number of aliphatic hydroxyl groups excluding tert-OH is 1. The molecule has 0 fully saturated rings. The Kier molecular flexibility index (Phi) is 5.37. The summed E-state index contributed by atoms with van der Waals surface area (Å²) in [7, 11) is 0. The van der Waals surface area contributed by atoms with E-state index in [1.165, 1.54) is 18.2 Å². The van der Waals surface area contributed by atoms with Gasteiger partial charge in [-0.05, 0) is 11.6 Å². The van der Waals surface area contributed by atoms with Crippen LogP contribution in [0.15, 0.2) is 24.3 Å². The lowest BCUT2D eigenvalue weighted by molar-refractivity contribution is -0.00340. The fourth-order valence-electron chi connectivity index (χ4n) is 1.29. The van der Waals surface area contributed by atoms with Gasteiger partial charge in [0.2, 0.25) is 0 Å². The minimum absolute atomic E-state index is 0.112. The third-order valence-electron chi connectivity index (χ3n) is 2.18. The molecule has 2 N–H and O–H groups in total. The maximum Gasteiger partial charge on any atom is 0.265 e. The first-order chi connectivity index (χ1) is 8.00. The monoisotopic (exact) mass is 251 g/mol. The lowest BCUT2D eigenvalue weighted by Gasteiger charge is -2.11. The van der Waals surface area contributed by atoms with E-state index in [0.29, 0.717) is 5.56 Å². The highest BCUT2D eigenvalue weighted by atomic mass is 19.3. The lowest BCUT2D eigenvalue weighted by atomic mass is 10.1. The number of alkyl halides is 4. The number of nitrogens with one attached hydrogen (secondary N) is 1. The standard InChI is InChI=1S/C11H13F4NO/c12-10(13)8-3-1-2-7(4-8)5-16-6-9(17)11(14)15/h1-4,9-11,16-17H,5-6H2. The van der Waals surface area contributed by atoms with E-state index in [1.807, 2.05) is 0 Å². The third-order valence-corrected chi connectivity index (χ3v) is 2.18. The van der Waals surface area contributed by atoms with Gasteiger partial charge in [-0.25, -0.2) is 17.6 Å². The Hall–Kier alpha value is -1.14. The molecule has 0 aliphatic rings. The van der Waals surface area contributed by atoms with Gasteiger partial charge in [-0.1, -0.05) is 18.2 Å². The number of hydrogen-bond acceptors (Lipinski definition) is 2. The van der Waals surface area contributed by atoms with Crippen molar-refractivity contribution in [2.75, 3.05) is 6.54 Å². The summed E-state index contributed by atoms with van der Waals surface area (Å²) >= 11 is 0. The summed E-state index contributed by atoms with van der Waals surface area (Å²) < 4.78 is 48.6. The quantitative estimate of drug-likeness (QED) is 0.760. The highest BCUT2D eigenvalue weighted by Crippen LogP contribution is 2.19. The molecular weight excluding hydrogens is 238 g/mol. The van der Waals surface area contributed by atoms with Crippen molar-refractivity contribution in [1.82, 2.24) is 5.32 Å². The summed E-state index contributed by atoms with van der Waals surface area (Å²) in [4.78, 5) is 0. The molecule has 17 heavy (non-hydrogen) atoms. The molecule has 0 saturated heterocycles. The fraction of sp³-hybridized carbons (Fsp3) is 0.455. The van der Waals surface area contributed by atoms with Gasteiger partial charge in [0.15, 0.2) is 0 Å². The van der Waals surface area contributed by atoms with Crippen molar-refractivity contribution in [2.45, 2.75) is 25.5 Å². The third kappa shape index (κ3) is 4.70. The van der Waals surface area contributed by atoms with Crippen LogP contribution in [0.1, 0.15) is 17.6 Å². The molecule has 0 amide bonds. The SMILES string of the molecule is OC(CNCc1cccc(C(F)F)c1)C(F)F. The van der Waals surface area contributed by atoms with Gasteiger partial charge in [-0.3, -0.25) is 0 Å². The lowest BCUT2D eigenvalue weighted by Crippen LogP contribution is -2.31. The molecule has 1 unspecified atom stereocenters. The van der Waals surface area contributed by atoms with Crippen LogP contribution in [0, 0.1) is 0 Å². The summed E-state index contributed by atoms with van der Waals surface area (Å²) in [5, 5.41) is 11.4. The van der Waals surface area contributed by atoms with E-state index in [9.17, 15) is 17.6 Å². The highest BCUT2D eigenvalue weighted by Gasteiger charge is 2.15. The first-order valence-corrected chi connectivity index (χ1v) is 5.04. The van der Waals surface area contributed by atoms with Crippen molar-refractivity contribution in [3.8, 4) is 0 Å². The van der Waals surface area contributed by atoms with Crippen LogP contribution >= 0.6 is 0 Å². The predicted octanol–water partition coefficient (Wildman–Crippen LogP) is 2.34. The zero-order valence-corrected chi connectivity index (χ0v) is 8.91. The van der Waals surface area contributed by atoms with Gasteiger partial charge in [0.05, 0.1) is 0 Å². The normalized spacial score (nSPS) is 13.4. The number of rotatable bonds is 6. The smallest absolute Gasteiger partial charge is 0.265 e. The molecule has 0 aromatic heterocycles. The van der Waals surface area contributed by atoms with Gasteiger partial charge in [-0.2, -0.15) is 0 Å². The van der Waals surface area contributed by atoms with Crippen molar-refractivity contribution in [3.63, 3.8) is 0 Å². The molecular formula is C11H13F4NO. The molecule has 0 radical (unpaired) electrons. The van der Waals surface area contributed by atoms with Crippen molar-refractivity contribution >= 4 is 0 Å². The zero-order valence-electron chi connectivity index (χ0n) is 8.91. The van der Waals surface area contributed by atoms with Gasteiger partial charge >= 0.3 is 0 Å². The molecule has 96 valence electrons. The van der Waals surface area contributed by atoms with Crippen LogP contribution in [-0.4, -0.2) is 24.2 Å². The molecule has 0 aliphatic heterocycles. The molecule has 2 nitrogen and oxygen atoms in total. The summed E-state index contributed by atoms with van der Waals surface area (Å²) in [6, 6.07) is 5.67. The van der Waals surface area contributed by atoms with Crippen LogP contribution in [0.4, 0.5) is 17.6 Å². The first-order valence-electron chi connectivity index (χ1n) is 5.04. The van der Waals surface area contributed by atoms with Crippen LogP contribution in [-0.2, 0) is 6.54 Å². The molecule has 1 aromatic rings. The van der Waals surface area contributed by atoms with Gasteiger partial charge in [0, 0.05) is 18.7 Å². The summed E-state index contributed by atoms with van der Waals surface area (Å²) in [6.07, 6.45) is -7.11. The van der Waals surface area contributed by atoms with Crippen molar-refractivity contribution < 1.29 is 22.7 Å². The number of hydrogen-bond donors (Lipinski definition) is 2. The maximum absolute atomic E-state index is 12.3. The fourth-order valence-corrected chi connectivity index (χ4v) is 1.29. The number of benzene rings is 1. The largest absolute Gasteiger partial charge is 0.386 e. The van der Waals surface area contributed by atoms with E-state index in [-0.39, 0.29) is 18.7 Å². The van der Waals surface area contributed by atoms with E-state index in [4.69, 9.17) is 5.11 Å². The van der Waals surface area contributed by atoms with Crippen molar-refractivity contribution in [3.05, 3.63) is 35.4 Å². The average molecular weight is 251 g/mol. The Labute approximate surface area is 96.3 Å². The summed E-state index contributed by atoms with van der Waals surface area (Å²) in [5.74, 6) is 0. The molecule has 1 atom stereocenters. The Balaban J connectivity index is 2.44. The molecule has 1 aromatic carbocycles. The minimum Gasteiger partial charge on any atom is -0.386 e. The molecule has 6 heteroatoms. The second-order valence-electron chi connectivity index (χ2n) is 3.58. The predicted molar refractivity (Wildman–Crippen MR) is 55.1 cm³/mol. The number of aliphatic hydroxyl groups is 1. The second kappa shape index (κ2) is 6.56. The van der Waals surface area contributed by atoms with Crippen molar-refractivity contribution in [2.24, 2.45) is 0 Å². The van der Waals surface area contributed by atoms with Crippen LogP contribution in [0.5, 0.6) is 0 Å². The first kappa shape index (κ1) is 13.9. The Bertz CT molecular complexity index is 346. The Morgan fingerprint density at radius 2 is 1.88 bits per heavy atom. The van der Waals surface area contributed by atoms with Gasteiger partial charge in [-0.15, -0.1) is 0 Å². The minimum atomic E-state index is -2.81. The van der Waals surface area contributed by atoms with Crippen LogP contribution in [0.3, 0.4) is 0 Å². The summed E-state index contributed by atoms with van der Waals surface area (Å²) in [6.45, 7) is -0.124. The number of halogens is 4. The van der Waals surface area contributed by atoms with Gasteiger partial charge < -0.3 is 10.4 Å². The van der Waals surface area contributed by atoms with Crippen LogP contribution in [0.2, 0.25) is 0 Å². The summed E-state index contributed by atoms with van der Waals surface area (Å²) in [5.41, 5.74) is 0.447. The van der Waals surface area contributed by atoms with E-state index in [0.717, 1.165) is 0 Å². The Morgan fingerprint density at radius 1 is 1.18 bits per heavy atom. The molecule has 0 heterocycles. The van der Waals surface area contributed by atoms with Crippen LogP contribution < -0.4 is 5.32 Å². The van der Waals surface area contributed by atoms with Crippen molar-refractivity contribution in [1.29, 1.82) is 0 Å². The highest BCUT2D eigenvalue weighted by molar-refractivity contribution is 5.24. The molecule has 1 rings (SSSR count). The Morgan fingerprint density at radius 3 is 2.47 bits per heavy atom. The van der Waals surface area contributed by atoms with E-state index in [1.54, 1.807) is 6.07 Å². The van der Waals surface area contributed by atoms with E-state index in [2.05, 4.69) is 5.32 Å². The molecule has 0 spiro atoms. The molecule has 0 aliphatic carbocycles. The van der Waals surface area contributed by atoms with Gasteiger partial charge in [0.25, 0.3) is 12.9 Å². The second-order valence-corrected chi connectivity index (χ2v) is 3.58. The van der Waals surface area contributed by atoms with Crippen LogP contribution in [0.25, 0.3) is 0 Å². The topological polar surface area (TPSA) is 32.3 Å². The van der Waals surface area contributed by atoms with E-state index < -0.39 is 19.0 Å². The molecule has 0 bridgehead atoms. The average Bonchev–Trinajstić information content (AvgIpc) is 2.29. The van der Waals surface area contributed by atoms with E-state index >= 15 is 0 Å². The zero-order chi connectivity index (χ0) is 12.8. The van der Waals surface area contributed by atoms with Gasteiger partial charge in [0.1, 0.15) is 6.10 Å². The molecule has 0 saturated carbocycles.